The van der Waals surface area contributed by atoms with Gasteiger partial charge in [-0.15, -0.1) is 0 Å². The van der Waals surface area contributed by atoms with Crippen LogP contribution in [0.5, 0.6) is 5.88 Å². The summed E-state index contributed by atoms with van der Waals surface area (Å²) < 4.78 is 21.0. The number of rotatable bonds is 8. The number of amides is 1. The lowest BCUT2D eigenvalue weighted by Crippen LogP contribution is -2.45. The molecule has 1 amide bonds. The molecule has 13 heteroatoms. The number of nitrogens with zero attached hydrogens (tertiary/aromatic N) is 7. The van der Waals surface area contributed by atoms with E-state index >= 15 is 0 Å². The zero-order chi connectivity index (χ0) is 31.7. The number of fused-ring (bicyclic) bond motifs is 2. The lowest BCUT2D eigenvalue weighted by molar-refractivity contribution is -0.135. The molecule has 3 aliphatic heterocycles. The topological polar surface area (TPSA) is 129 Å². The van der Waals surface area contributed by atoms with Crippen LogP contribution in [0.1, 0.15) is 51.0 Å². The minimum Gasteiger partial charge on any atom is -0.474 e. The predicted molar refractivity (Wildman–Crippen MR) is 177 cm³/mol. The van der Waals surface area contributed by atoms with Gasteiger partial charge in [-0.3, -0.25) is 13.9 Å². The maximum absolute atomic E-state index is 13.7. The minimum absolute atomic E-state index is 0.00516. The van der Waals surface area contributed by atoms with E-state index in [1.54, 1.807) is 20.2 Å². The molecule has 13 nitrogen and oxygen atoms in total. The maximum atomic E-state index is 13.7. The molecule has 0 spiro atoms. The molecule has 1 N–H and O–H groups in total. The number of anilines is 2. The van der Waals surface area contributed by atoms with E-state index in [0.717, 1.165) is 87.7 Å². The third-order valence-electron chi connectivity index (χ3n) is 10.1. The summed E-state index contributed by atoms with van der Waals surface area (Å²) in [6, 6.07) is 10.6. The number of aromatic nitrogens is 5. The van der Waals surface area contributed by atoms with E-state index in [4.69, 9.17) is 24.2 Å². The second kappa shape index (κ2) is 13.1. The first-order valence-corrected chi connectivity index (χ1v) is 17.1. The van der Waals surface area contributed by atoms with Gasteiger partial charge in [-0.2, -0.15) is 9.97 Å². The monoisotopic (exact) mass is 642 g/mol. The van der Waals surface area contributed by atoms with Crippen molar-refractivity contribution in [3.63, 3.8) is 0 Å². The lowest BCUT2D eigenvalue weighted by atomic mass is 9.93. The highest BCUT2D eigenvalue weighted by molar-refractivity contribution is 5.89. The van der Waals surface area contributed by atoms with Gasteiger partial charge >= 0.3 is 5.69 Å². The minimum atomic E-state index is -0.205. The van der Waals surface area contributed by atoms with Gasteiger partial charge in [0.2, 0.25) is 17.7 Å². The molecule has 3 saturated heterocycles. The summed E-state index contributed by atoms with van der Waals surface area (Å²) in [5, 5.41) is 5.69. The van der Waals surface area contributed by atoms with Crippen LogP contribution in [0, 0.1) is 0 Å². The first-order valence-electron chi connectivity index (χ1n) is 17.1. The number of ether oxygens (including phenoxy) is 3. The van der Waals surface area contributed by atoms with Gasteiger partial charge in [0, 0.05) is 56.9 Å². The SMILES string of the molecule is O=C(Cn1c(=O)n(C2CCOCC2)c2nc(NC3CCC(Oc4nc(N5CCOCC5)cc5ccccc45)CC3)ncc21)N1CCC1. The molecule has 248 valence electrons. The van der Waals surface area contributed by atoms with Crippen molar-refractivity contribution >= 4 is 39.6 Å². The van der Waals surface area contributed by atoms with E-state index in [9.17, 15) is 9.59 Å². The molecular weight excluding hydrogens is 600 g/mol. The Morgan fingerprint density at radius 1 is 0.936 bits per heavy atom. The van der Waals surface area contributed by atoms with Crippen LogP contribution in [-0.2, 0) is 20.8 Å². The van der Waals surface area contributed by atoms with E-state index < -0.39 is 0 Å². The van der Waals surface area contributed by atoms with Gasteiger partial charge in [-0.1, -0.05) is 18.2 Å². The Bertz CT molecular complexity index is 1800. The van der Waals surface area contributed by atoms with Crippen LogP contribution in [0.25, 0.3) is 21.9 Å². The quantitative estimate of drug-likeness (QED) is 0.306. The first-order chi connectivity index (χ1) is 23.1. The fourth-order valence-corrected chi connectivity index (χ4v) is 7.22. The van der Waals surface area contributed by atoms with Crippen molar-refractivity contribution in [3.05, 3.63) is 47.0 Å². The van der Waals surface area contributed by atoms with Crippen molar-refractivity contribution < 1.29 is 19.0 Å². The van der Waals surface area contributed by atoms with Crippen molar-refractivity contribution in [1.29, 1.82) is 0 Å². The predicted octanol–water partition coefficient (Wildman–Crippen LogP) is 3.36. The Hall–Kier alpha value is -4.23. The molecule has 1 saturated carbocycles. The fraction of sp³-hybridized carbons (Fsp3) is 0.559. The smallest absolute Gasteiger partial charge is 0.331 e. The van der Waals surface area contributed by atoms with Crippen molar-refractivity contribution in [3.8, 4) is 5.88 Å². The maximum Gasteiger partial charge on any atom is 0.331 e. The second-order valence-corrected chi connectivity index (χ2v) is 13.1. The molecule has 0 unspecified atom stereocenters. The molecule has 0 radical (unpaired) electrons. The highest BCUT2D eigenvalue weighted by Crippen LogP contribution is 2.32. The van der Waals surface area contributed by atoms with Crippen LogP contribution >= 0.6 is 0 Å². The Balaban J connectivity index is 0.976. The number of pyridine rings is 1. The number of likely N-dealkylation sites (tertiary alicyclic amines) is 1. The number of hydrogen-bond acceptors (Lipinski definition) is 10. The number of hydrogen-bond donors (Lipinski definition) is 1. The summed E-state index contributed by atoms with van der Waals surface area (Å²) >= 11 is 0. The average molecular weight is 643 g/mol. The molecular formula is C34H42N8O5. The third kappa shape index (κ3) is 6.14. The highest BCUT2D eigenvalue weighted by atomic mass is 16.5. The van der Waals surface area contributed by atoms with Gasteiger partial charge in [0.05, 0.1) is 19.4 Å². The summed E-state index contributed by atoms with van der Waals surface area (Å²) in [5.41, 5.74) is 0.965. The van der Waals surface area contributed by atoms with Crippen molar-refractivity contribution in [2.45, 2.75) is 69.7 Å². The number of imidazole rings is 1. The Morgan fingerprint density at radius 2 is 1.70 bits per heavy atom. The number of morpholine rings is 1. The lowest BCUT2D eigenvalue weighted by Gasteiger charge is -2.31. The van der Waals surface area contributed by atoms with Gasteiger partial charge in [0.15, 0.2) is 5.65 Å². The van der Waals surface area contributed by atoms with Crippen molar-refractivity contribution in [1.82, 2.24) is 29.0 Å². The average Bonchev–Trinajstić information content (AvgIpc) is 3.35. The summed E-state index contributed by atoms with van der Waals surface area (Å²) in [6.45, 7) is 5.75. The van der Waals surface area contributed by atoms with Crippen LogP contribution in [0.2, 0.25) is 0 Å². The molecule has 4 aliphatic rings. The second-order valence-electron chi connectivity index (χ2n) is 13.1. The van der Waals surface area contributed by atoms with Crippen molar-refractivity contribution in [2.75, 3.05) is 62.8 Å². The van der Waals surface area contributed by atoms with Crippen LogP contribution in [0.4, 0.5) is 11.8 Å². The van der Waals surface area contributed by atoms with Gasteiger partial charge < -0.3 is 29.3 Å². The Labute approximate surface area is 272 Å². The van der Waals surface area contributed by atoms with E-state index in [1.165, 1.54) is 0 Å². The summed E-state index contributed by atoms with van der Waals surface area (Å²) in [5.74, 6) is 2.09. The molecule has 47 heavy (non-hydrogen) atoms. The molecule has 4 aromatic rings. The third-order valence-corrected chi connectivity index (χ3v) is 10.1. The first kappa shape index (κ1) is 30.1. The summed E-state index contributed by atoms with van der Waals surface area (Å²) in [6.07, 6.45) is 7.76. The molecule has 3 aromatic heterocycles. The normalized spacial score (nSPS) is 22.4. The van der Waals surface area contributed by atoms with E-state index in [1.807, 2.05) is 6.07 Å². The number of benzene rings is 1. The van der Waals surface area contributed by atoms with Gasteiger partial charge in [-0.25, -0.2) is 9.78 Å². The number of nitrogens with one attached hydrogen (secondary N) is 1. The molecule has 1 aliphatic carbocycles. The van der Waals surface area contributed by atoms with Gasteiger partial charge in [0.25, 0.3) is 0 Å². The highest BCUT2D eigenvalue weighted by Gasteiger charge is 2.29. The molecule has 8 rings (SSSR count). The van der Waals surface area contributed by atoms with Gasteiger partial charge in [-0.05, 0) is 62.5 Å². The van der Waals surface area contributed by atoms with Crippen molar-refractivity contribution in [2.24, 2.45) is 0 Å². The summed E-state index contributed by atoms with van der Waals surface area (Å²) in [7, 11) is 0. The molecule has 0 atom stereocenters. The number of carbonyl (C=O) groups excluding carboxylic acids is 1. The molecule has 6 heterocycles. The molecule has 0 bridgehead atoms. The largest absolute Gasteiger partial charge is 0.474 e. The molecule has 1 aromatic carbocycles. The van der Waals surface area contributed by atoms with Gasteiger partial charge in [0.1, 0.15) is 24.0 Å². The van der Waals surface area contributed by atoms with Crippen LogP contribution < -0.4 is 20.6 Å². The molecule has 4 fully saturated rings. The van der Waals surface area contributed by atoms with Crippen LogP contribution in [0.15, 0.2) is 41.3 Å². The zero-order valence-corrected chi connectivity index (χ0v) is 26.7. The van der Waals surface area contributed by atoms with E-state index in [0.29, 0.717) is 49.4 Å². The van der Waals surface area contributed by atoms with E-state index in [-0.39, 0.29) is 36.3 Å². The fourth-order valence-electron chi connectivity index (χ4n) is 7.22. The Kier molecular flexibility index (Phi) is 8.40. The van der Waals surface area contributed by atoms with Crippen LogP contribution in [-0.4, -0.2) is 99.6 Å². The van der Waals surface area contributed by atoms with Crippen LogP contribution in [0.3, 0.4) is 0 Å². The number of carbonyl (C=O) groups is 1. The Morgan fingerprint density at radius 3 is 2.47 bits per heavy atom. The van der Waals surface area contributed by atoms with E-state index in [2.05, 4.69) is 39.5 Å². The standard InChI is InChI=1S/C34H42N8O5/c43-30(40-12-3-13-40)22-41-28-21-35-33(38-31(28)42(34(41)44)25-10-16-45-17-11-25)36-24-6-8-26(9-7-24)47-32-27-5-2-1-4-23(27)20-29(37-32)39-14-18-46-19-15-39/h1-2,4-5,20-21,24-26H,3,6-19,22H2,(H,35,36,38). The zero-order valence-electron chi connectivity index (χ0n) is 26.7. The summed E-state index contributed by atoms with van der Waals surface area (Å²) in [4.78, 5) is 45.1.